The molecule has 6 aromatic carbocycles. The lowest BCUT2D eigenvalue weighted by Crippen LogP contribution is -2.62. The number of aliphatic hydroxyl groups excluding tert-OH is 1. The normalized spacial score (nSPS) is 17.4. The highest BCUT2D eigenvalue weighted by Crippen LogP contribution is 2.42. The van der Waals surface area contributed by atoms with Gasteiger partial charge in [0.2, 0.25) is 6.29 Å². The number of hydrogen-bond acceptors (Lipinski definition) is 16. The minimum atomic E-state index is -1.26. The van der Waals surface area contributed by atoms with Crippen molar-refractivity contribution in [2.75, 3.05) is 127 Å². The molecule has 0 amide bonds. The second-order valence-corrected chi connectivity index (χ2v) is 18.2. The second-order valence-electron chi connectivity index (χ2n) is 18.2. The van der Waals surface area contributed by atoms with Gasteiger partial charge in [-0.2, -0.15) is 0 Å². The molecule has 1 saturated heterocycles. The van der Waals surface area contributed by atoms with E-state index in [0.29, 0.717) is 110 Å². The minimum Gasteiger partial charge on any atom is -0.497 e. The lowest BCUT2D eigenvalue weighted by Gasteiger charge is -2.45. The van der Waals surface area contributed by atoms with Crippen molar-refractivity contribution in [2.24, 2.45) is 0 Å². The number of methoxy groups -OCH3 is 2. The van der Waals surface area contributed by atoms with Gasteiger partial charge < -0.3 is 76.2 Å². The SMILES string of the molecule is COc1ccc(C(OC[C@H]2O[C@@H](Oc3ccccc3)[C@H](OCCOCCOCCOCCOCc3ccccc3)[C@@H](OCCOCCOCCOCCOCc3ccccc3)[C@@H]2O)(c2ccccc2)c2ccc(OC)cc2)cc1. The predicted molar refractivity (Wildman–Crippen MR) is 297 cm³/mol. The van der Waals surface area contributed by atoms with E-state index in [1.807, 2.05) is 170 Å². The van der Waals surface area contributed by atoms with Crippen LogP contribution in [0, 0.1) is 0 Å². The maximum Gasteiger partial charge on any atom is 0.229 e. The molecule has 79 heavy (non-hydrogen) atoms. The topological polar surface area (TPSA) is 159 Å². The number of benzene rings is 6. The van der Waals surface area contributed by atoms with Crippen LogP contribution >= 0.6 is 0 Å². The summed E-state index contributed by atoms with van der Waals surface area (Å²) < 4.78 is 90.8. The van der Waals surface area contributed by atoms with Gasteiger partial charge in [-0.15, -0.1) is 0 Å². The van der Waals surface area contributed by atoms with Crippen molar-refractivity contribution < 1.29 is 76.2 Å². The maximum atomic E-state index is 12.5. The van der Waals surface area contributed by atoms with Crippen molar-refractivity contribution >= 4 is 0 Å². The molecule has 0 unspecified atom stereocenters. The largest absolute Gasteiger partial charge is 0.497 e. The Kier molecular flexibility index (Phi) is 27.5. The first-order valence-corrected chi connectivity index (χ1v) is 27.0. The van der Waals surface area contributed by atoms with Gasteiger partial charge in [0, 0.05) is 0 Å². The van der Waals surface area contributed by atoms with Crippen LogP contribution in [0.15, 0.2) is 170 Å². The zero-order valence-electron chi connectivity index (χ0n) is 45.6. The van der Waals surface area contributed by atoms with E-state index in [-0.39, 0.29) is 33.0 Å². The molecule has 0 spiro atoms. The molecule has 1 heterocycles. The van der Waals surface area contributed by atoms with Crippen LogP contribution in [0.2, 0.25) is 0 Å². The number of hydrogen-bond donors (Lipinski definition) is 1. The Morgan fingerprint density at radius 1 is 0.380 bits per heavy atom. The zero-order valence-corrected chi connectivity index (χ0v) is 45.6. The van der Waals surface area contributed by atoms with Gasteiger partial charge in [0.25, 0.3) is 0 Å². The quantitative estimate of drug-likeness (QED) is 0.0288. The van der Waals surface area contributed by atoms with Gasteiger partial charge in [-0.1, -0.05) is 133 Å². The van der Waals surface area contributed by atoms with Crippen LogP contribution in [0.5, 0.6) is 17.2 Å². The molecular weight excluding hydrogens is 1010 g/mol. The first-order valence-electron chi connectivity index (χ1n) is 27.0. The average Bonchev–Trinajstić information content (AvgIpc) is 3.51. The summed E-state index contributed by atoms with van der Waals surface area (Å²) in [5.74, 6) is 1.91. The molecule has 6 aromatic rings. The molecule has 16 heteroatoms. The van der Waals surface area contributed by atoms with Crippen LogP contribution in [0.1, 0.15) is 27.8 Å². The van der Waals surface area contributed by atoms with E-state index in [2.05, 4.69) is 0 Å². The van der Waals surface area contributed by atoms with Gasteiger partial charge in [-0.05, 0) is 64.2 Å². The maximum absolute atomic E-state index is 12.5. The second kappa shape index (κ2) is 35.7. The molecule has 0 aromatic heterocycles. The van der Waals surface area contributed by atoms with Crippen molar-refractivity contribution in [1.82, 2.24) is 0 Å². The molecule has 7 rings (SSSR count). The number of ether oxygens (including phenoxy) is 15. The standard InChI is InChI=1S/C63H78O16/c1-65-55-27-23-53(24-28-55)63(52-19-11-5-12-20-52,54-25-29-56(66-2)30-26-54)77-49-58-59(64)60(75-45-43-71-37-35-67-31-33-69-39-41-73-47-50-15-7-3-8-16-50)61(62(79-58)78-57-21-13-6-14-22-57)76-46-44-72-38-36-68-32-34-70-40-42-74-48-51-17-9-4-10-18-51/h3-30,58-62,64H,31-49H2,1-2H3/t58-,59-,60+,61-,62-/m1/s1. The fourth-order valence-corrected chi connectivity index (χ4v) is 8.74. The highest BCUT2D eigenvalue weighted by atomic mass is 16.7. The molecule has 0 aliphatic carbocycles. The Bertz CT molecular complexity index is 2410. The van der Waals surface area contributed by atoms with Gasteiger partial charge in [-0.25, -0.2) is 0 Å². The highest BCUT2D eigenvalue weighted by Gasteiger charge is 2.50. The van der Waals surface area contributed by atoms with Crippen LogP contribution in [0.25, 0.3) is 0 Å². The fraction of sp³-hybridized carbons (Fsp3) is 0.429. The van der Waals surface area contributed by atoms with Crippen LogP contribution in [0.4, 0.5) is 0 Å². The van der Waals surface area contributed by atoms with Crippen molar-refractivity contribution in [3.8, 4) is 17.2 Å². The fourth-order valence-electron chi connectivity index (χ4n) is 8.74. The molecule has 0 radical (unpaired) electrons. The van der Waals surface area contributed by atoms with Crippen LogP contribution in [-0.2, 0) is 75.7 Å². The van der Waals surface area contributed by atoms with E-state index in [1.165, 1.54) is 0 Å². The molecule has 5 atom stereocenters. The van der Waals surface area contributed by atoms with Crippen molar-refractivity contribution in [1.29, 1.82) is 0 Å². The van der Waals surface area contributed by atoms with Crippen LogP contribution in [-0.4, -0.2) is 162 Å². The third-order valence-electron chi connectivity index (χ3n) is 12.8. The van der Waals surface area contributed by atoms with Crippen molar-refractivity contribution in [3.63, 3.8) is 0 Å². The summed E-state index contributed by atoms with van der Waals surface area (Å²) in [7, 11) is 3.26. The molecule has 1 aliphatic heterocycles. The summed E-state index contributed by atoms with van der Waals surface area (Å²) in [5.41, 5.74) is 3.52. The molecule has 1 N–H and O–H groups in total. The van der Waals surface area contributed by atoms with E-state index in [4.69, 9.17) is 71.1 Å². The third kappa shape index (κ3) is 20.4. The number of aliphatic hydroxyl groups is 1. The van der Waals surface area contributed by atoms with Gasteiger partial charge >= 0.3 is 0 Å². The summed E-state index contributed by atoms with van der Waals surface area (Å²) >= 11 is 0. The average molecular weight is 1090 g/mol. The van der Waals surface area contributed by atoms with Crippen LogP contribution < -0.4 is 14.2 Å². The first-order chi connectivity index (χ1) is 39.1. The summed E-state index contributed by atoms with van der Waals surface area (Å²) in [4.78, 5) is 0. The summed E-state index contributed by atoms with van der Waals surface area (Å²) in [6, 6.07) is 54.8. The van der Waals surface area contributed by atoms with Gasteiger partial charge in [0.15, 0.2) is 0 Å². The van der Waals surface area contributed by atoms with Gasteiger partial charge in [-0.3, -0.25) is 0 Å². The Morgan fingerprint density at radius 3 is 1.15 bits per heavy atom. The van der Waals surface area contributed by atoms with E-state index in [0.717, 1.165) is 27.8 Å². The monoisotopic (exact) mass is 1090 g/mol. The van der Waals surface area contributed by atoms with Crippen molar-refractivity contribution in [2.45, 2.75) is 49.5 Å². The molecule has 1 aliphatic rings. The zero-order chi connectivity index (χ0) is 54.8. The Balaban J connectivity index is 0.968. The van der Waals surface area contributed by atoms with E-state index in [1.54, 1.807) is 14.2 Å². The predicted octanol–water partition coefficient (Wildman–Crippen LogP) is 8.48. The molecule has 426 valence electrons. The molecule has 16 nitrogen and oxygen atoms in total. The number of para-hydroxylation sites is 1. The van der Waals surface area contributed by atoms with E-state index >= 15 is 0 Å². The van der Waals surface area contributed by atoms with Gasteiger partial charge in [0.1, 0.15) is 47.3 Å². The molecular formula is C63H78O16. The first kappa shape index (κ1) is 60.8. The third-order valence-corrected chi connectivity index (χ3v) is 12.8. The summed E-state index contributed by atoms with van der Waals surface area (Å²) in [5, 5.41) is 12.5. The molecule has 0 bridgehead atoms. The lowest BCUT2D eigenvalue weighted by molar-refractivity contribution is -0.301. The minimum absolute atomic E-state index is 0.107. The highest BCUT2D eigenvalue weighted by molar-refractivity contribution is 5.50. The summed E-state index contributed by atoms with van der Waals surface area (Å²) in [6.07, 6.45) is -5.19. The van der Waals surface area contributed by atoms with Gasteiger partial charge in [0.05, 0.1) is 140 Å². The van der Waals surface area contributed by atoms with E-state index < -0.39 is 36.3 Å². The van der Waals surface area contributed by atoms with E-state index in [9.17, 15) is 5.11 Å². The smallest absolute Gasteiger partial charge is 0.229 e. The Morgan fingerprint density at radius 2 is 0.734 bits per heavy atom. The molecule has 0 saturated carbocycles. The lowest BCUT2D eigenvalue weighted by atomic mass is 9.80. The van der Waals surface area contributed by atoms with Crippen LogP contribution in [0.3, 0.4) is 0 Å². The summed E-state index contributed by atoms with van der Waals surface area (Å²) in [6.45, 7) is 6.71. The Hall–Kier alpha value is -5.80. The number of rotatable bonds is 40. The van der Waals surface area contributed by atoms with Crippen molar-refractivity contribution in [3.05, 3.63) is 198 Å². The Labute approximate surface area is 465 Å². The molecule has 1 fully saturated rings.